The summed E-state index contributed by atoms with van der Waals surface area (Å²) < 4.78 is 0. The summed E-state index contributed by atoms with van der Waals surface area (Å²) in [5.74, 6) is -0.711. The second kappa shape index (κ2) is 6.03. The van der Waals surface area contributed by atoms with Crippen molar-refractivity contribution in [1.82, 2.24) is 4.90 Å². The zero-order valence-electron chi connectivity index (χ0n) is 10.3. The second-order valence-electron chi connectivity index (χ2n) is 4.02. The second-order valence-corrected chi connectivity index (χ2v) is 4.86. The summed E-state index contributed by atoms with van der Waals surface area (Å²) >= 11 is 11.7. The lowest BCUT2D eigenvalue weighted by Crippen LogP contribution is -2.15. The van der Waals surface area contributed by atoms with E-state index in [0.717, 1.165) is 0 Å². The molecule has 0 aromatic heterocycles. The van der Waals surface area contributed by atoms with Crippen LogP contribution in [0.5, 0.6) is 0 Å². The Morgan fingerprint density at radius 2 is 1.83 bits per heavy atom. The third kappa shape index (κ3) is 3.59. The molecule has 1 aromatic carbocycles. The van der Waals surface area contributed by atoms with Crippen molar-refractivity contribution in [2.45, 2.75) is 6.92 Å². The summed E-state index contributed by atoms with van der Waals surface area (Å²) in [7, 11) is 3.47. The maximum Gasteiger partial charge on any atom is 0.199 e. The molecule has 0 atom stereocenters. The Balaban J connectivity index is 3.23. The highest BCUT2D eigenvalue weighted by molar-refractivity contribution is 6.39. The fourth-order valence-corrected chi connectivity index (χ4v) is 1.88. The first-order valence-corrected chi connectivity index (χ1v) is 5.97. The molecule has 0 spiro atoms. The van der Waals surface area contributed by atoms with Crippen LogP contribution in [0.3, 0.4) is 0 Å². The summed E-state index contributed by atoms with van der Waals surface area (Å²) in [6.07, 6.45) is 1.48. The molecule has 18 heavy (non-hydrogen) atoms. The zero-order chi connectivity index (χ0) is 13.9. The molecular weight excluding hydrogens is 273 g/mol. The zero-order valence-corrected chi connectivity index (χ0v) is 11.8. The standard InChI is InChI=1S/C13H13Cl2NO2/c1-8(17)11(7-16(2)3)13(18)10-5-4-9(14)6-12(10)15/h4-7H,1-3H3. The van der Waals surface area contributed by atoms with Gasteiger partial charge in [0.05, 0.1) is 10.6 Å². The molecular formula is C13H13Cl2NO2. The van der Waals surface area contributed by atoms with Gasteiger partial charge in [-0.25, -0.2) is 0 Å². The molecule has 0 amide bonds. The number of hydrogen-bond donors (Lipinski definition) is 0. The van der Waals surface area contributed by atoms with Gasteiger partial charge in [-0.05, 0) is 25.1 Å². The van der Waals surface area contributed by atoms with Crippen molar-refractivity contribution in [1.29, 1.82) is 0 Å². The van der Waals surface area contributed by atoms with Gasteiger partial charge in [-0.3, -0.25) is 9.59 Å². The van der Waals surface area contributed by atoms with Crippen molar-refractivity contribution < 1.29 is 9.59 Å². The van der Waals surface area contributed by atoms with E-state index in [-0.39, 0.29) is 21.9 Å². The van der Waals surface area contributed by atoms with E-state index >= 15 is 0 Å². The molecule has 1 aromatic rings. The van der Waals surface area contributed by atoms with Crippen LogP contribution in [0.4, 0.5) is 0 Å². The molecule has 0 heterocycles. The molecule has 0 saturated carbocycles. The van der Waals surface area contributed by atoms with Crippen LogP contribution in [0.1, 0.15) is 17.3 Å². The Labute approximate surface area is 116 Å². The van der Waals surface area contributed by atoms with Gasteiger partial charge >= 0.3 is 0 Å². The monoisotopic (exact) mass is 285 g/mol. The molecule has 0 aliphatic carbocycles. The SMILES string of the molecule is CC(=O)C(=CN(C)C)C(=O)c1ccc(Cl)cc1Cl. The lowest BCUT2D eigenvalue weighted by Gasteiger charge is -2.10. The average molecular weight is 286 g/mol. The molecule has 5 heteroatoms. The first-order chi connectivity index (χ1) is 8.32. The molecule has 3 nitrogen and oxygen atoms in total. The van der Waals surface area contributed by atoms with Crippen molar-refractivity contribution in [2.24, 2.45) is 0 Å². The van der Waals surface area contributed by atoms with Crippen LogP contribution in [0, 0.1) is 0 Å². The van der Waals surface area contributed by atoms with Gasteiger partial charge in [0.2, 0.25) is 0 Å². The molecule has 0 bridgehead atoms. The number of hydrogen-bond acceptors (Lipinski definition) is 3. The van der Waals surface area contributed by atoms with Crippen molar-refractivity contribution in [3.05, 3.63) is 45.6 Å². The fourth-order valence-electron chi connectivity index (χ4n) is 1.39. The van der Waals surface area contributed by atoms with Gasteiger partial charge in [0, 0.05) is 30.9 Å². The van der Waals surface area contributed by atoms with Crippen molar-refractivity contribution >= 4 is 34.8 Å². The van der Waals surface area contributed by atoms with E-state index in [1.54, 1.807) is 25.1 Å². The minimum Gasteiger partial charge on any atom is -0.383 e. The third-order valence-electron chi connectivity index (χ3n) is 2.19. The Bertz CT molecular complexity index is 522. The number of nitrogens with zero attached hydrogens (tertiary/aromatic N) is 1. The van der Waals surface area contributed by atoms with Crippen LogP contribution < -0.4 is 0 Å². The van der Waals surface area contributed by atoms with E-state index in [1.807, 2.05) is 0 Å². The normalized spacial score (nSPS) is 11.3. The quantitative estimate of drug-likeness (QED) is 0.369. The Morgan fingerprint density at radius 3 is 2.28 bits per heavy atom. The van der Waals surface area contributed by atoms with Gasteiger partial charge < -0.3 is 4.90 Å². The molecule has 0 radical (unpaired) electrons. The molecule has 0 saturated heterocycles. The van der Waals surface area contributed by atoms with Gasteiger partial charge in [-0.1, -0.05) is 23.2 Å². The van der Waals surface area contributed by atoms with E-state index in [2.05, 4.69) is 0 Å². The number of halogens is 2. The van der Waals surface area contributed by atoms with Crippen molar-refractivity contribution in [3.63, 3.8) is 0 Å². The number of allylic oxidation sites excluding steroid dienone is 1. The highest BCUT2D eigenvalue weighted by atomic mass is 35.5. The summed E-state index contributed by atoms with van der Waals surface area (Å²) in [6.45, 7) is 1.34. The highest BCUT2D eigenvalue weighted by Crippen LogP contribution is 2.23. The smallest absolute Gasteiger partial charge is 0.199 e. The highest BCUT2D eigenvalue weighted by Gasteiger charge is 2.19. The molecule has 1 rings (SSSR count). The molecule has 0 fully saturated rings. The summed E-state index contributed by atoms with van der Waals surface area (Å²) in [4.78, 5) is 25.3. The summed E-state index contributed by atoms with van der Waals surface area (Å²) in [5, 5.41) is 0.677. The predicted molar refractivity (Wildman–Crippen MR) is 73.2 cm³/mol. The molecule has 0 unspecified atom stereocenters. The molecule has 0 aliphatic heterocycles. The Hall–Kier alpha value is -1.32. The van der Waals surface area contributed by atoms with E-state index in [0.29, 0.717) is 5.02 Å². The minimum atomic E-state index is -0.405. The van der Waals surface area contributed by atoms with Gasteiger partial charge in [0.1, 0.15) is 0 Å². The van der Waals surface area contributed by atoms with E-state index < -0.39 is 5.78 Å². The number of carbonyl (C=O) groups excluding carboxylic acids is 2. The number of ketones is 2. The van der Waals surface area contributed by atoms with Crippen LogP contribution >= 0.6 is 23.2 Å². The maximum absolute atomic E-state index is 12.2. The largest absolute Gasteiger partial charge is 0.383 e. The number of rotatable bonds is 4. The predicted octanol–water partition coefficient (Wildman–Crippen LogP) is 3.21. The maximum atomic E-state index is 12.2. The van der Waals surface area contributed by atoms with Crippen LogP contribution in [0.2, 0.25) is 10.0 Å². The van der Waals surface area contributed by atoms with E-state index in [9.17, 15) is 9.59 Å². The van der Waals surface area contributed by atoms with Gasteiger partial charge in [-0.2, -0.15) is 0 Å². The fraction of sp³-hybridized carbons (Fsp3) is 0.231. The lowest BCUT2D eigenvalue weighted by atomic mass is 10.0. The first-order valence-electron chi connectivity index (χ1n) is 5.22. The van der Waals surface area contributed by atoms with E-state index in [1.165, 1.54) is 25.3 Å². The van der Waals surface area contributed by atoms with Crippen LogP contribution in [-0.2, 0) is 4.79 Å². The number of Topliss-reactive ketones (excluding diaryl/α,β-unsaturated/α-hetero) is 2. The van der Waals surface area contributed by atoms with Crippen LogP contribution in [-0.4, -0.2) is 30.6 Å². The molecule has 0 aliphatic rings. The summed E-state index contributed by atoms with van der Waals surface area (Å²) in [6, 6.07) is 4.55. The van der Waals surface area contributed by atoms with E-state index in [4.69, 9.17) is 23.2 Å². The Kier molecular flexibility index (Phi) is 4.93. The Morgan fingerprint density at radius 1 is 1.22 bits per heavy atom. The van der Waals surface area contributed by atoms with Crippen LogP contribution in [0.15, 0.2) is 30.0 Å². The summed E-state index contributed by atoms with van der Waals surface area (Å²) in [5.41, 5.74) is 0.355. The third-order valence-corrected chi connectivity index (χ3v) is 2.73. The van der Waals surface area contributed by atoms with Crippen molar-refractivity contribution in [2.75, 3.05) is 14.1 Å². The topological polar surface area (TPSA) is 37.4 Å². The van der Waals surface area contributed by atoms with Gasteiger partial charge in [0.25, 0.3) is 0 Å². The average Bonchev–Trinajstić information content (AvgIpc) is 2.24. The van der Waals surface area contributed by atoms with Gasteiger partial charge in [0.15, 0.2) is 11.6 Å². The van der Waals surface area contributed by atoms with Crippen molar-refractivity contribution in [3.8, 4) is 0 Å². The first kappa shape index (κ1) is 14.7. The van der Waals surface area contributed by atoms with Gasteiger partial charge in [-0.15, -0.1) is 0 Å². The number of carbonyl (C=O) groups is 2. The molecule has 0 N–H and O–H groups in total. The minimum absolute atomic E-state index is 0.0872. The van der Waals surface area contributed by atoms with Crippen LogP contribution in [0.25, 0.3) is 0 Å². The number of benzene rings is 1. The lowest BCUT2D eigenvalue weighted by molar-refractivity contribution is -0.113. The molecule has 96 valence electrons.